The van der Waals surface area contributed by atoms with E-state index < -0.39 is 12.1 Å². The van der Waals surface area contributed by atoms with Crippen LogP contribution < -0.4 is 4.74 Å². The summed E-state index contributed by atoms with van der Waals surface area (Å²) in [7, 11) is 0. The Morgan fingerprint density at radius 1 is 1.53 bits per heavy atom. The lowest BCUT2D eigenvalue weighted by molar-refractivity contribution is -0.146. The zero-order valence-corrected chi connectivity index (χ0v) is 8.64. The quantitative estimate of drug-likeness (QED) is 0.821. The van der Waals surface area contributed by atoms with Crippen molar-refractivity contribution in [1.29, 1.82) is 0 Å². The summed E-state index contributed by atoms with van der Waals surface area (Å²) in [6.07, 6.45) is 1.25. The van der Waals surface area contributed by atoms with Gasteiger partial charge in [0.05, 0.1) is 0 Å². The molecule has 0 aromatic heterocycles. The third kappa shape index (κ3) is 2.49. The van der Waals surface area contributed by atoms with Crippen LogP contribution >= 0.6 is 0 Å². The molecule has 15 heavy (non-hydrogen) atoms. The molecule has 1 aromatic carbocycles. The van der Waals surface area contributed by atoms with Gasteiger partial charge in [0.25, 0.3) is 0 Å². The number of hydrogen-bond donors (Lipinski definition) is 1. The van der Waals surface area contributed by atoms with Crippen molar-refractivity contribution in [1.82, 2.24) is 0 Å². The second-order valence-corrected chi connectivity index (χ2v) is 4.03. The van der Waals surface area contributed by atoms with Crippen LogP contribution in [0.15, 0.2) is 24.3 Å². The summed E-state index contributed by atoms with van der Waals surface area (Å²) in [5.74, 6) is -0.0173. The summed E-state index contributed by atoms with van der Waals surface area (Å²) >= 11 is 0. The monoisotopic (exact) mass is 206 g/mol. The van der Waals surface area contributed by atoms with E-state index in [9.17, 15) is 4.79 Å². The summed E-state index contributed by atoms with van der Waals surface area (Å²) in [6.45, 7) is 1.96. The number of hydrogen-bond acceptors (Lipinski definition) is 2. The molecule has 80 valence electrons. The van der Waals surface area contributed by atoms with Crippen LogP contribution in [-0.4, -0.2) is 17.2 Å². The highest BCUT2D eigenvalue weighted by Crippen LogP contribution is 2.35. The first-order valence-electron chi connectivity index (χ1n) is 5.13. The van der Waals surface area contributed by atoms with E-state index in [-0.39, 0.29) is 5.92 Å². The van der Waals surface area contributed by atoms with Crippen LogP contribution in [0.5, 0.6) is 5.75 Å². The molecule has 1 N–H and O–H groups in total. The number of aliphatic carboxylic acids is 1. The van der Waals surface area contributed by atoms with Crippen LogP contribution in [0.2, 0.25) is 0 Å². The Labute approximate surface area is 88.7 Å². The van der Waals surface area contributed by atoms with Crippen LogP contribution in [0.4, 0.5) is 0 Å². The second kappa shape index (κ2) is 3.93. The molecule has 0 aliphatic heterocycles. The lowest BCUT2D eigenvalue weighted by atomic mass is 10.2. The summed E-state index contributed by atoms with van der Waals surface area (Å²) in [5, 5.41) is 8.99. The van der Waals surface area contributed by atoms with Crippen LogP contribution in [-0.2, 0) is 4.79 Å². The lowest BCUT2D eigenvalue weighted by Crippen LogP contribution is -2.29. The molecule has 3 heteroatoms. The Morgan fingerprint density at radius 3 is 2.80 bits per heavy atom. The largest absolute Gasteiger partial charge is 0.478 e. The van der Waals surface area contributed by atoms with Gasteiger partial charge in [-0.25, -0.2) is 4.79 Å². The number of benzene rings is 1. The molecule has 0 heterocycles. The molecule has 0 amide bonds. The predicted molar refractivity (Wildman–Crippen MR) is 56.0 cm³/mol. The van der Waals surface area contributed by atoms with E-state index in [4.69, 9.17) is 9.84 Å². The Hall–Kier alpha value is -1.51. The molecule has 1 aliphatic carbocycles. The summed E-state index contributed by atoms with van der Waals surface area (Å²) in [6, 6.07) is 7.49. The first-order chi connectivity index (χ1) is 7.16. The van der Waals surface area contributed by atoms with Crippen molar-refractivity contribution >= 4 is 5.97 Å². The number of carbonyl (C=O) groups is 1. The predicted octanol–water partition coefficient (Wildman–Crippen LogP) is 2.24. The minimum absolute atomic E-state index is 0.197. The molecular formula is C12H14O3. The third-order valence-corrected chi connectivity index (χ3v) is 2.55. The van der Waals surface area contributed by atoms with Gasteiger partial charge in [0.2, 0.25) is 0 Å². The molecule has 0 radical (unpaired) electrons. The van der Waals surface area contributed by atoms with Crippen molar-refractivity contribution in [3.05, 3.63) is 29.8 Å². The molecule has 0 spiro atoms. The average Bonchev–Trinajstić information content (AvgIpc) is 2.97. The third-order valence-electron chi connectivity index (χ3n) is 2.55. The van der Waals surface area contributed by atoms with Gasteiger partial charge >= 0.3 is 5.97 Å². The maximum absolute atomic E-state index is 10.9. The average molecular weight is 206 g/mol. The topological polar surface area (TPSA) is 46.5 Å². The van der Waals surface area contributed by atoms with Crippen LogP contribution in [0.3, 0.4) is 0 Å². The van der Waals surface area contributed by atoms with E-state index in [1.54, 1.807) is 6.07 Å². The smallest absolute Gasteiger partial charge is 0.345 e. The number of rotatable bonds is 4. The molecule has 1 aliphatic rings. The summed E-state index contributed by atoms with van der Waals surface area (Å²) < 4.78 is 5.48. The van der Waals surface area contributed by atoms with E-state index in [0.29, 0.717) is 5.75 Å². The van der Waals surface area contributed by atoms with Crippen LogP contribution in [0, 0.1) is 12.8 Å². The highest BCUT2D eigenvalue weighted by Gasteiger charge is 2.38. The second-order valence-electron chi connectivity index (χ2n) is 4.03. The fourth-order valence-electron chi connectivity index (χ4n) is 1.58. The maximum Gasteiger partial charge on any atom is 0.345 e. The summed E-state index contributed by atoms with van der Waals surface area (Å²) in [5.41, 5.74) is 1.08. The van der Waals surface area contributed by atoms with Gasteiger partial charge in [0.1, 0.15) is 5.75 Å². The molecule has 3 nitrogen and oxygen atoms in total. The van der Waals surface area contributed by atoms with Crippen LogP contribution in [0.1, 0.15) is 18.4 Å². The van der Waals surface area contributed by atoms with Gasteiger partial charge < -0.3 is 9.84 Å². The molecule has 1 fully saturated rings. The minimum Gasteiger partial charge on any atom is -0.478 e. The van der Waals surface area contributed by atoms with E-state index in [1.165, 1.54) is 0 Å². The van der Waals surface area contributed by atoms with E-state index >= 15 is 0 Å². The Kier molecular flexibility index (Phi) is 2.62. The highest BCUT2D eigenvalue weighted by atomic mass is 16.5. The van der Waals surface area contributed by atoms with E-state index in [1.807, 2.05) is 25.1 Å². The van der Waals surface area contributed by atoms with Crippen molar-refractivity contribution in [2.75, 3.05) is 0 Å². The molecule has 1 saturated carbocycles. The number of carboxylic acids is 1. The first kappa shape index (κ1) is 10.0. The Morgan fingerprint density at radius 2 is 2.27 bits per heavy atom. The van der Waals surface area contributed by atoms with Crippen molar-refractivity contribution < 1.29 is 14.6 Å². The number of carboxylic acid groups (broad SMARTS) is 1. The lowest BCUT2D eigenvalue weighted by Gasteiger charge is -2.14. The highest BCUT2D eigenvalue weighted by molar-refractivity contribution is 5.73. The summed E-state index contributed by atoms with van der Waals surface area (Å²) in [4.78, 5) is 10.9. The molecule has 1 atom stereocenters. The van der Waals surface area contributed by atoms with Gasteiger partial charge in [-0.1, -0.05) is 12.1 Å². The van der Waals surface area contributed by atoms with E-state index in [0.717, 1.165) is 18.4 Å². The molecule has 0 saturated heterocycles. The minimum atomic E-state index is -0.862. The van der Waals surface area contributed by atoms with Gasteiger partial charge in [-0.05, 0) is 37.5 Å². The van der Waals surface area contributed by atoms with Crippen molar-refractivity contribution in [2.24, 2.45) is 5.92 Å². The molecule has 1 aromatic rings. The SMILES string of the molecule is Cc1cccc(OC(C(=O)O)C2CC2)c1. The fraction of sp³-hybridized carbons (Fsp3) is 0.417. The zero-order valence-electron chi connectivity index (χ0n) is 8.64. The standard InChI is InChI=1S/C12H14O3/c1-8-3-2-4-10(7-8)15-11(12(13)14)9-5-6-9/h2-4,7,9,11H,5-6H2,1H3,(H,13,14). The zero-order chi connectivity index (χ0) is 10.8. The molecule has 2 rings (SSSR count). The normalized spacial score (nSPS) is 17.1. The first-order valence-corrected chi connectivity index (χ1v) is 5.13. The van der Waals surface area contributed by atoms with Gasteiger partial charge in [-0.3, -0.25) is 0 Å². The Bertz CT molecular complexity index is 369. The van der Waals surface area contributed by atoms with Crippen molar-refractivity contribution in [3.8, 4) is 5.75 Å². The molecular weight excluding hydrogens is 192 g/mol. The van der Waals surface area contributed by atoms with Crippen LogP contribution in [0.25, 0.3) is 0 Å². The molecule has 1 unspecified atom stereocenters. The molecule has 0 bridgehead atoms. The van der Waals surface area contributed by atoms with Crippen molar-refractivity contribution in [2.45, 2.75) is 25.9 Å². The van der Waals surface area contributed by atoms with Crippen molar-refractivity contribution in [3.63, 3.8) is 0 Å². The van der Waals surface area contributed by atoms with Gasteiger partial charge in [-0.2, -0.15) is 0 Å². The maximum atomic E-state index is 10.9. The Balaban J connectivity index is 2.08. The number of aryl methyl sites for hydroxylation is 1. The van der Waals surface area contributed by atoms with E-state index in [2.05, 4.69) is 0 Å². The van der Waals surface area contributed by atoms with Gasteiger partial charge in [0.15, 0.2) is 6.10 Å². The fourth-order valence-corrected chi connectivity index (χ4v) is 1.58. The number of ether oxygens (including phenoxy) is 1. The van der Waals surface area contributed by atoms with Gasteiger partial charge in [-0.15, -0.1) is 0 Å². The van der Waals surface area contributed by atoms with Gasteiger partial charge in [0, 0.05) is 5.92 Å².